The van der Waals surface area contributed by atoms with Gasteiger partial charge in [0.05, 0.1) is 5.56 Å². The maximum Gasteiger partial charge on any atom is 0.345 e. The summed E-state index contributed by atoms with van der Waals surface area (Å²) in [5, 5.41) is 8.69. The van der Waals surface area contributed by atoms with E-state index >= 15 is 0 Å². The van der Waals surface area contributed by atoms with Gasteiger partial charge in [-0.15, -0.1) is 0 Å². The number of carbonyl (C=O) groups excluding carboxylic acids is 1. The van der Waals surface area contributed by atoms with Crippen molar-refractivity contribution in [3.8, 4) is 0 Å². The van der Waals surface area contributed by atoms with E-state index in [1.54, 1.807) is 37.3 Å². The van der Waals surface area contributed by atoms with Crippen molar-refractivity contribution in [3.63, 3.8) is 0 Å². The zero-order valence-electron chi connectivity index (χ0n) is 8.34. The lowest BCUT2D eigenvalue weighted by atomic mass is 10.2. The van der Waals surface area contributed by atoms with Gasteiger partial charge in [-0.05, 0) is 18.6 Å². The lowest BCUT2D eigenvalue weighted by Gasteiger charge is -2.11. The van der Waals surface area contributed by atoms with Crippen LogP contribution < -0.4 is 0 Å². The van der Waals surface area contributed by atoms with E-state index in [9.17, 15) is 9.59 Å². The number of carboxylic acids is 1. The molecule has 0 aliphatic carbocycles. The molecule has 0 heterocycles. The highest BCUT2D eigenvalue weighted by atomic mass is 16.6. The summed E-state index contributed by atoms with van der Waals surface area (Å²) in [4.78, 5) is 22.1. The number of ether oxygens (including phenoxy) is 1. The molecule has 15 heavy (non-hydrogen) atoms. The van der Waals surface area contributed by atoms with E-state index in [2.05, 4.69) is 0 Å². The van der Waals surface area contributed by atoms with Gasteiger partial charge >= 0.3 is 11.9 Å². The maximum absolute atomic E-state index is 11.4. The Bertz CT molecular complexity index is 345. The number of benzene rings is 1. The summed E-state index contributed by atoms with van der Waals surface area (Å²) in [6, 6.07) is 8.32. The van der Waals surface area contributed by atoms with Gasteiger partial charge in [0.15, 0.2) is 6.10 Å². The minimum absolute atomic E-state index is 0.258. The summed E-state index contributed by atoms with van der Waals surface area (Å²) < 4.78 is 4.81. The minimum atomic E-state index is -1.12. The van der Waals surface area contributed by atoms with Gasteiger partial charge < -0.3 is 9.84 Å². The number of carbonyl (C=O) groups is 2. The van der Waals surface area contributed by atoms with Crippen LogP contribution in [-0.4, -0.2) is 23.1 Å². The van der Waals surface area contributed by atoms with E-state index in [0.717, 1.165) is 0 Å². The minimum Gasteiger partial charge on any atom is -0.479 e. The van der Waals surface area contributed by atoms with Crippen LogP contribution in [0.15, 0.2) is 30.3 Å². The van der Waals surface area contributed by atoms with Crippen LogP contribution >= 0.6 is 0 Å². The van der Waals surface area contributed by atoms with Crippen molar-refractivity contribution >= 4 is 11.9 Å². The highest BCUT2D eigenvalue weighted by Crippen LogP contribution is 2.06. The summed E-state index contributed by atoms with van der Waals surface area (Å²) >= 11 is 0. The van der Waals surface area contributed by atoms with Crippen molar-refractivity contribution in [3.05, 3.63) is 35.9 Å². The average Bonchev–Trinajstić information content (AvgIpc) is 2.26. The summed E-state index contributed by atoms with van der Waals surface area (Å²) in [5.41, 5.74) is 0.359. The van der Waals surface area contributed by atoms with Gasteiger partial charge in [0, 0.05) is 0 Å². The lowest BCUT2D eigenvalue weighted by Crippen LogP contribution is -2.26. The highest BCUT2D eigenvalue weighted by Gasteiger charge is 2.20. The van der Waals surface area contributed by atoms with Crippen LogP contribution in [0.5, 0.6) is 0 Å². The average molecular weight is 208 g/mol. The Balaban J connectivity index is 2.67. The summed E-state index contributed by atoms with van der Waals surface area (Å²) in [6.07, 6.45) is -0.814. The quantitative estimate of drug-likeness (QED) is 0.765. The fraction of sp³-hybridized carbons (Fsp3) is 0.273. The molecule has 0 radical (unpaired) electrons. The van der Waals surface area contributed by atoms with Crippen LogP contribution in [0, 0.1) is 0 Å². The molecule has 0 unspecified atom stereocenters. The molecule has 0 spiro atoms. The summed E-state index contributed by atoms with van der Waals surface area (Å²) in [7, 11) is 0. The largest absolute Gasteiger partial charge is 0.479 e. The SMILES string of the molecule is CC[C@@H](OC(=O)c1ccccc1)C(=O)O. The Morgan fingerprint density at radius 3 is 2.40 bits per heavy atom. The normalized spacial score (nSPS) is 11.8. The number of esters is 1. The summed E-state index contributed by atoms with van der Waals surface area (Å²) in [5.74, 6) is -1.73. The van der Waals surface area contributed by atoms with Crippen LogP contribution in [0.2, 0.25) is 0 Å². The summed E-state index contributed by atoms with van der Waals surface area (Å²) in [6.45, 7) is 1.65. The van der Waals surface area contributed by atoms with Crippen LogP contribution in [-0.2, 0) is 9.53 Å². The zero-order valence-corrected chi connectivity index (χ0v) is 8.34. The molecule has 0 aliphatic rings. The molecule has 0 aliphatic heterocycles. The maximum atomic E-state index is 11.4. The Kier molecular flexibility index (Phi) is 3.85. The monoisotopic (exact) mass is 208 g/mol. The zero-order chi connectivity index (χ0) is 11.3. The first-order valence-electron chi connectivity index (χ1n) is 4.64. The topological polar surface area (TPSA) is 63.6 Å². The highest BCUT2D eigenvalue weighted by molar-refractivity contribution is 5.91. The molecular formula is C11H12O4. The van der Waals surface area contributed by atoms with Crippen LogP contribution in [0.1, 0.15) is 23.7 Å². The van der Waals surface area contributed by atoms with E-state index in [-0.39, 0.29) is 6.42 Å². The molecule has 4 heteroatoms. The van der Waals surface area contributed by atoms with Crippen molar-refractivity contribution in [1.29, 1.82) is 0 Å². The number of aliphatic carboxylic acids is 1. The number of carboxylic acid groups (broad SMARTS) is 1. The second-order valence-electron chi connectivity index (χ2n) is 3.01. The Morgan fingerprint density at radius 1 is 1.33 bits per heavy atom. The van der Waals surface area contributed by atoms with E-state index in [4.69, 9.17) is 9.84 Å². The molecule has 0 fully saturated rings. The van der Waals surface area contributed by atoms with Crippen molar-refractivity contribution < 1.29 is 19.4 Å². The molecule has 1 N–H and O–H groups in total. The van der Waals surface area contributed by atoms with Gasteiger partial charge in [-0.3, -0.25) is 0 Å². The third-order valence-electron chi connectivity index (χ3n) is 1.91. The fourth-order valence-electron chi connectivity index (χ4n) is 1.08. The van der Waals surface area contributed by atoms with Gasteiger partial charge in [0.2, 0.25) is 0 Å². The Labute approximate surface area is 87.5 Å². The van der Waals surface area contributed by atoms with E-state index < -0.39 is 18.0 Å². The second-order valence-corrected chi connectivity index (χ2v) is 3.01. The molecular weight excluding hydrogens is 196 g/mol. The van der Waals surface area contributed by atoms with E-state index in [1.165, 1.54) is 0 Å². The first-order chi connectivity index (χ1) is 7.15. The van der Waals surface area contributed by atoms with Gasteiger partial charge in [-0.25, -0.2) is 9.59 Å². The third-order valence-corrected chi connectivity index (χ3v) is 1.91. The molecule has 0 saturated heterocycles. The molecule has 0 saturated carbocycles. The molecule has 0 amide bonds. The predicted octanol–water partition coefficient (Wildman–Crippen LogP) is 1.71. The molecule has 1 atom stereocenters. The van der Waals surface area contributed by atoms with Crippen molar-refractivity contribution in [1.82, 2.24) is 0 Å². The molecule has 80 valence electrons. The molecule has 1 rings (SSSR count). The van der Waals surface area contributed by atoms with E-state index in [1.807, 2.05) is 0 Å². The van der Waals surface area contributed by atoms with Gasteiger partial charge in [0.1, 0.15) is 0 Å². The van der Waals surface area contributed by atoms with Gasteiger partial charge in [-0.1, -0.05) is 25.1 Å². The Morgan fingerprint density at radius 2 is 1.93 bits per heavy atom. The Hall–Kier alpha value is -1.84. The lowest BCUT2D eigenvalue weighted by molar-refractivity contribution is -0.147. The first kappa shape index (κ1) is 11.2. The van der Waals surface area contributed by atoms with Gasteiger partial charge in [0.25, 0.3) is 0 Å². The fourth-order valence-corrected chi connectivity index (χ4v) is 1.08. The number of rotatable bonds is 4. The van der Waals surface area contributed by atoms with Crippen LogP contribution in [0.4, 0.5) is 0 Å². The number of hydrogen-bond acceptors (Lipinski definition) is 3. The number of hydrogen-bond donors (Lipinski definition) is 1. The molecule has 1 aromatic rings. The first-order valence-corrected chi connectivity index (χ1v) is 4.64. The third kappa shape index (κ3) is 3.09. The van der Waals surface area contributed by atoms with Crippen LogP contribution in [0.25, 0.3) is 0 Å². The van der Waals surface area contributed by atoms with Crippen molar-refractivity contribution in [2.45, 2.75) is 19.4 Å². The molecule has 0 bridgehead atoms. The second kappa shape index (κ2) is 5.14. The van der Waals surface area contributed by atoms with Crippen molar-refractivity contribution in [2.24, 2.45) is 0 Å². The molecule has 4 nitrogen and oxygen atoms in total. The van der Waals surface area contributed by atoms with Crippen molar-refractivity contribution in [2.75, 3.05) is 0 Å². The van der Waals surface area contributed by atoms with E-state index in [0.29, 0.717) is 5.56 Å². The smallest absolute Gasteiger partial charge is 0.345 e. The predicted molar refractivity (Wildman–Crippen MR) is 53.6 cm³/mol. The standard InChI is InChI=1S/C11H12O4/c1-2-9(10(12)13)15-11(14)8-6-4-3-5-7-8/h3-7,9H,2H2,1H3,(H,12,13)/t9-/m1/s1. The molecule has 1 aromatic carbocycles. The van der Waals surface area contributed by atoms with Gasteiger partial charge in [-0.2, -0.15) is 0 Å². The molecule has 0 aromatic heterocycles. The van der Waals surface area contributed by atoms with Crippen LogP contribution in [0.3, 0.4) is 0 Å².